The third-order valence-corrected chi connectivity index (χ3v) is 4.08. The van der Waals surface area contributed by atoms with Crippen LogP contribution in [0.4, 0.5) is 0 Å². The molecule has 0 radical (unpaired) electrons. The molecule has 1 amide bonds. The van der Waals surface area contributed by atoms with E-state index in [1.54, 1.807) is 0 Å². The van der Waals surface area contributed by atoms with Gasteiger partial charge in [0.15, 0.2) is 0 Å². The number of hydrogen-bond acceptors (Lipinski definition) is 2. The summed E-state index contributed by atoms with van der Waals surface area (Å²) in [6.45, 7) is 7.08. The van der Waals surface area contributed by atoms with E-state index >= 15 is 0 Å². The minimum atomic E-state index is 0.0504. The SMILES string of the molecule is CC(CCN)C(=O)NC1CCCC(C)C1C. The summed E-state index contributed by atoms with van der Waals surface area (Å²) in [6.07, 6.45) is 4.45. The molecule has 4 unspecified atom stereocenters. The summed E-state index contributed by atoms with van der Waals surface area (Å²) in [6, 6.07) is 0.372. The molecule has 3 N–H and O–H groups in total. The second kappa shape index (κ2) is 6.24. The number of carbonyl (C=O) groups excluding carboxylic acids is 1. The van der Waals surface area contributed by atoms with E-state index in [-0.39, 0.29) is 11.8 Å². The van der Waals surface area contributed by atoms with Gasteiger partial charge in [-0.15, -0.1) is 0 Å². The lowest BCUT2D eigenvalue weighted by Crippen LogP contribution is -2.45. The van der Waals surface area contributed by atoms with Crippen LogP contribution in [0, 0.1) is 17.8 Å². The molecule has 0 aromatic rings. The molecule has 4 atom stereocenters. The van der Waals surface area contributed by atoms with E-state index < -0.39 is 0 Å². The molecule has 0 bridgehead atoms. The molecule has 0 aromatic carbocycles. The van der Waals surface area contributed by atoms with Gasteiger partial charge in [0.25, 0.3) is 0 Å². The molecule has 3 nitrogen and oxygen atoms in total. The quantitative estimate of drug-likeness (QED) is 0.769. The van der Waals surface area contributed by atoms with Crippen LogP contribution in [0.1, 0.15) is 46.5 Å². The van der Waals surface area contributed by atoms with E-state index in [0.717, 1.165) is 18.8 Å². The van der Waals surface area contributed by atoms with Crippen molar-refractivity contribution in [2.24, 2.45) is 23.5 Å². The zero-order valence-electron chi connectivity index (χ0n) is 10.8. The van der Waals surface area contributed by atoms with Gasteiger partial charge in [-0.25, -0.2) is 0 Å². The van der Waals surface area contributed by atoms with E-state index in [4.69, 9.17) is 5.73 Å². The molecule has 1 aliphatic rings. The van der Waals surface area contributed by atoms with Gasteiger partial charge in [-0.1, -0.05) is 33.6 Å². The molecule has 0 aliphatic heterocycles. The van der Waals surface area contributed by atoms with E-state index in [1.807, 2.05) is 6.92 Å². The fraction of sp³-hybridized carbons (Fsp3) is 0.923. The molecule has 0 spiro atoms. The molecule has 1 fully saturated rings. The van der Waals surface area contributed by atoms with Gasteiger partial charge in [0, 0.05) is 12.0 Å². The molecule has 16 heavy (non-hydrogen) atoms. The lowest BCUT2D eigenvalue weighted by Gasteiger charge is -2.35. The number of hydrogen-bond donors (Lipinski definition) is 2. The van der Waals surface area contributed by atoms with Crippen LogP contribution in [0.25, 0.3) is 0 Å². The fourth-order valence-electron chi connectivity index (χ4n) is 2.49. The summed E-state index contributed by atoms with van der Waals surface area (Å²) in [5, 5.41) is 3.19. The lowest BCUT2D eigenvalue weighted by molar-refractivity contribution is -0.126. The van der Waals surface area contributed by atoms with Gasteiger partial charge in [0.05, 0.1) is 0 Å². The number of rotatable bonds is 4. The van der Waals surface area contributed by atoms with Gasteiger partial charge in [-0.2, -0.15) is 0 Å². The Morgan fingerprint density at radius 2 is 2.12 bits per heavy atom. The minimum Gasteiger partial charge on any atom is -0.353 e. The summed E-state index contributed by atoms with van der Waals surface area (Å²) in [5.41, 5.74) is 5.47. The first kappa shape index (κ1) is 13.5. The number of nitrogens with one attached hydrogen (secondary N) is 1. The Morgan fingerprint density at radius 1 is 1.44 bits per heavy atom. The van der Waals surface area contributed by atoms with Gasteiger partial charge in [-0.3, -0.25) is 4.79 Å². The van der Waals surface area contributed by atoms with Crippen LogP contribution < -0.4 is 11.1 Å². The molecular weight excluding hydrogens is 200 g/mol. The van der Waals surface area contributed by atoms with Crippen molar-refractivity contribution in [3.05, 3.63) is 0 Å². The largest absolute Gasteiger partial charge is 0.353 e. The van der Waals surface area contributed by atoms with Crippen LogP contribution in [0.3, 0.4) is 0 Å². The highest BCUT2D eigenvalue weighted by molar-refractivity contribution is 5.78. The molecule has 0 heterocycles. The Morgan fingerprint density at radius 3 is 2.75 bits per heavy atom. The van der Waals surface area contributed by atoms with E-state index in [9.17, 15) is 4.79 Å². The van der Waals surface area contributed by atoms with Crippen LogP contribution in [-0.2, 0) is 4.79 Å². The minimum absolute atomic E-state index is 0.0504. The average Bonchev–Trinajstić information content (AvgIpc) is 2.25. The fourth-order valence-corrected chi connectivity index (χ4v) is 2.49. The number of amides is 1. The molecule has 1 saturated carbocycles. The summed E-state index contributed by atoms with van der Waals surface area (Å²) in [7, 11) is 0. The van der Waals surface area contributed by atoms with Crippen molar-refractivity contribution in [2.45, 2.75) is 52.5 Å². The van der Waals surface area contributed by atoms with Crippen LogP contribution in [0.15, 0.2) is 0 Å². The molecule has 0 aromatic heterocycles. The first-order valence-corrected chi connectivity index (χ1v) is 6.56. The average molecular weight is 226 g/mol. The highest BCUT2D eigenvalue weighted by Crippen LogP contribution is 2.29. The Bertz CT molecular complexity index is 230. The molecule has 0 saturated heterocycles. The summed E-state index contributed by atoms with van der Waals surface area (Å²) < 4.78 is 0. The third kappa shape index (κ3) is 3.48. The van der Waals surface area contributed by atoms with Crippen molar-refractivity contribution < 1.29 is 4.79 Å². The van der Waals surface area contributed by atoms with Crippen molar-refractivity contribution in [1.29, 1.82) is 0 Å². The van der Waals surface area contributed by atoms with Gasteiger partial charge < -0.3 is 11.1 Å². The molecular formula is C13H26N2O. The smallest absolute Gasteiger partial charge is 0.223 e. The molecule has 94 valence electrons. The van der Waals surface area contributed by atoms with Crippen molar-refractivity contribution in [3.63, 3.8) is 0 Å². The normalized spacial score (nSPS) is 32.1. The predicted molar refractivity (Wildman–Crippen MR) is 66.9 cm³/mol. The van der Waals surface area contributed by atoms with E-state index in [0.29, 0.717) is 18.5 Å². The Hall–Kier alpha value is -0.570. The summed E-state index contributed by atoms with van der Waals surface area (Å²) in [5.74, 6) is 1.55. The standard InChI is InChI=1S/C13H26N2O/c1-9-5-4-6-12(11(9)3)15-13(16)10(2)7-8-14/h9-12H,4-8,14H2,1-3H3,(H,15,16). The van der Waals surface area contributed by atoms with Crippen LogP contribution in [0.2, 0.25) is 0 Å². The Labute approximate surface area is 99.2 Å². The van der Waals surface area contributed by atoms with Gasteiger partial charge in [0.1, 0.15) is 0 Å². The molecule has 1 rings (SSSR count). The number of nitrogens with two attached hydrogens (primary N) is 1. The predicted octanol–water partition coefficient (Wildman–Crippen LogP) is 1.91. The highest BCUT2D eigenvalue weighted by Gasteiger charge is 2.28. The zero-order valence-corrected chi connectivity index (χ0v) is 10.8. The van der Waals surface area contributed by atoms with E-state index in [2.05, 4.69) is 19.2 Å². The van der Waals surface area contributed by atoms with Crippen LogP contribution in [-0.4, -0.2) is 18.5 Å². The van der Waals surface area contributed by atoms with Gasteiger partial charge in [-0.05, 0) is 31.2 Å². The summed E-state index contributed by atoms with van der Waals surface area (Å²) >= 11 is 0. The lowest BCUT2D eigenvalue weighted by atomic mass is 9.78. The number of carbonyl (C=O) groups is 1. The summed E-state index contributed by atoms with van der Waals surface area (Å²) in [4.78, 5) is 11.9. The maximum Gasteiger partial charge on any atom is 0.223 e. The van der Waals surface area contributed by atoms with Gasteiger partial charge in [0.2, 0.25) is 5.91 Å². The van der Waals surface area contributed by atoms with Crippen molar-refractivity contribution >= 4 is 5.91 Å². The second-order valence-electron chi connectivity index (χ2n) is 5.36. The maximum atomic E-state index is 11.9. The topological polar surface area (TPSA) is 55.1 Å². The van der Waals surface area contributed by atoms with Crippen molar-refractivity contribution in [1.82, 2.24) is 5.32 Å². The zero-order chi connectivity index (χ0) is 12.1. The van der Waals surface area contributed by atoms with Crippen LogP contribution in [0.5, 0.6) is 0 Å². The Kier molecular flexibility index (Phi) is 5.26. The monoisotopic (exact) mass is 226 g/mol. The van der Waals surface area contributed by atoms with E-state index in [1.165, 1.54) is 12.8 Å². The van der Waals surface area contributed by atoms with Crippen molar-refractivity contribution in [3.8, 4) is 0 Å². The third-order valence-electron chi connectivity index (χ3n) is 4.08. The maximum absolute atomic E-state index is 11.9. The van der Waals surface area contributed by atoms with Gasteiger partial charge >= 0.3 is 0 Å². The highest BCUT2D eigenvalue weighted by atomic mass is 16.1. The first-order chi connectivity index (χ1) is 7.56. The second-order valence-corrected chi connectivity index (χ2v) is 5.36. The molecule has 3 heteroatoms. The first-order valence-electron chi connectivity index (χ1n) is 6.56. The van der Waals surface area contributed by atoms with Crippen molar-refractivity contribution in [2.75, 3.05) is 6.54 Å². The Balaban J connectivity index is 2.43. The van der Waals surface area contributed by atoms with Crippen LogP contribution >= 0.6 is 0 Å². The molecule has 1 aliphatic carbocycles.